The fourth-order valence-corrected chi connectivity index (χ4v) is 4.11. The Morgan fingerprint density at radius 3 is 1.97 bits per heavy atom. The number of carbonyl (C=O) groups is 2. The number of nitrogens with zero attached hydrogens (tertiary/aromatic N) is 2. The highest BCUT2D eigenvalue weighted by Crippen LogP contribution is 2.27. The molecule has 0 aromatic heterocycles. The van der Waals surface area contributed by atoms with E-state index in [-0.39, 0.29) is 11.6 Å². The Kier molecular flexibility index (Phi) is 7.53. The highest BCUT2D eigenvalue weighted by Gasteiger charge is 2.30. The quantitative estimate of drug-likeness (QED) is 0.273. The van der Waals surface area contributed by atoms with Crippen molar-refractivity contribution in [1.29, 1.82) is 0 Å². The Morgan fingerprint density at radius 1 is 0.838 bits per heavy atom. The lowest BCUT2D eigenvalue weighted by atomic mass is 10.1. The Bertz CT molecular complexity index is 1330. The molecule has 0 atom stereocenters. The smallest absolute Gasteiger partial charge is 0.261 e. The van der Waals surface area contributed by atoms with E-state index in [1.165, 1.54) is 19.2 Å². The van der Waals surface area contributed by atoms with Gasteiger partial charge < -0.3 is 19.9 Å². The van der Waals surface area contributed by atoms with Crippen molar-refractivity contribution in [2.45, 2.75) is 0 Å². The molecule has 0 aliphatic carbocycles. The average molecular weight is 540 g/mol. The molecule has 1 aliphatic rings. The number of halogens is 6. The Hall–Kier alpha value is -3.86. The standard InChI is InChI=1S/C25H19ClF5N3O3/c1-37-17-7-2-13(26)12-16(17)25(36)34-10-8-33(9-11-34)15-5-3-14(4-6-15)32-24(35)18-19(27)21(29)23(31)22(30)20(18)28/h2-7,12H,8-11H2,1H3,(H,32,35). The molecule has 0 radical (unpaired) electrons. The minimum Gasteiger partial charge on any atom is -0.496 e. The molecule has 0 saturated carbocycles. The first-order valence-corrected chi connectivity index (χ1v) is 11.3. The minimum atomic E-state index is -2.34. The Labute approximate surface area is 213 Å². The van der Waals surface area contributed by atoms with Crippen molar-refractivity contribution in [3.05, 3.63) is 87.7 Å². The number of hydrogen-bond acceptors (Lipinski definition) is 4. The summed E-state index contributed by atoms with van der Waals surface area (Å²) in [6.07, 6.45) is 0. The van der Waals surface area contributed by atoms with Crippen LogP contribution >= 0.6 is 11.6 Å². The van der Waals surface area contributed by atoms with Crippen molar-refractivity contribution < 1.29 is 36.3 Å². The molecule has 4 rings (SSSR count). The molecule has 0 spiro atoms. The number of piperazine rings is 1. The maximum atomic E-state index is 13.9. The topological polar surface area (TPSA) is 61.9 Å². The SMILES string of the molecule is COc1ccc(Cl)cc1C(=O)N1CCN(c2ccc(NC(=O)c3c(F)c(F)c(F)c(F)c3F)cc2)CC1. The summed E-state index contributed by atoms with van der Waals surface area (Å²) < 4.78 is 73.1. The molecule has 0 bridgehead atoms. The molecule has 3 aromatic rings. The van der Waals surface area contributed by atoms with Crippen LogP contribution in [0.25, 0.3) is 0 Å². The second-order valence-electron chi connectivity index (χ2n) is 8.07. The lowest BCUT2D eigenvalue weighted by Gasteiger charge is -2.36. The van der Waals surface area contributed by atoms with Gasteiger partial charge in [-0.3, -0.25) is 9.59 Å². The zero-order valence-corrected chi connectivity index (χ0v) is 20.0. The zero-order chi connectivity index (χ0) is 26.9. The fourth-order valence-electron chi connectivity index (χ4n) is 3.94. The molecule has 1 fully saturated rings. The number of benzene rings is 3. The van der Waals surface area contributed by atoms with Gasteiger partial charge in [0.15, 0.2) is 23.3 Å². The lowest BCUT2D eigenvalue weighted by Crippen LogP contribution is -2.48. The van der Waals surface area contributed by atoms with Crippen LogP contribution in [-0.2, 0) is 0 Å². The summed E-state index contributed by atoms with van der Waals surface area (Å²) in [5, 5.41) is 2.54. The molecule has 1 aliphatic heterocycles. The van der Waals surface area contributed by atoms with Gasteiger partial charge in [0.25, 0.3) is 11.8 Å². The van der Waals surface area contributed by atoms with Crippen LogP contribution in [0, 0.1) is 29.1 Å². The first-order chi connectivity index (χ1) is 17.6. The van der Waals surface area contributed by atoms with Crippen molar-refractivity contribution in [3.63, 3.8) is 0 Å². The predicted molar refractivity (Wildman–Crippen MR) is 127 cm³/mol. The highest BCUT2D eigenvalue weighted by molar-refractivity contribution is 6.31. The second kappa shape index (κ2) is 10.6. The Balaban J connectivity index is 1.41. The number of amides is 2. The van der Waals surface area contributed by atoms with Gasteiger partial charge in [0.1, 0.15) is 11.3 Å². The zero-order valence-electron chi connectivity index (χ0n) is 19.3. The van der Waals surface area contributed by atoms with Crippen LogP contribution in [0.5, 0.6) is 5.75 Å². The Morgan fingerprint density at radius 2 is 1.41 bits per heavy atom. The summed E-state index contributed by atoms with van der Waals surface area (Å²) in [7, 11) is 1.47. The molecule has 1 N–H and O–H groups in total. The fraction of sp³-hybridized carbons (Fsp3) is 0.200. The van der Waals surface area contributed by atoms with E-state index in [2.05, 4.69) is 5.32 Å². The van der Waals surface area contributed by atoms with Crippen molar-refractivity contribution in [2.24, 2.45) is 0 Å². The van der Waals surface area contributed by atoms with Crippen molar-refractivity contribution >= 4 is 34.8 Å². The number of rotatable bonds is 5. The van der Waals surface area contributed by atoms with Crippen molar-refractivity contribution in [1.82, 2.24) is 4.90 Å². The first kappa shape index (κ1) is 26.2. The van der Waals surface area contributed by atoms with Gasteiger partial charge >= 0.3 is 0 Å². The van der Waals surface area contributed by atoms with Crippen molar-refractivity contribution in [2.75, 3.05) is 43.5 Å². The van der Waals surface area contributed by atoms with E-state index in [1.807, 2.05) is 4.90 Å². The van der Waals surface area contributed by atoms with E-state index in [0.717, 1.165) is 5.69 Å². The van der Waals surface area contributed by atoms with Gasteiger partial charge in [-0.25, -0.2) is 22.0 Å². The van der Waals surface area contributed by atoms with Crippen LogP contribution in [0.1, 0.15) is 20.7 Å². The molecule has 12 heteroatoms. The van der Waals surface area contributed by atoms with Crippen LogP contribution < -0.4 is 15.0 Å². The molecule has 3 aromatic carbocycles. The normalized spacial score (nSPS) is 13.5. The third kappa shape index (κ3) is 5.17. The number of carbonyl (C=O) groups excluding carboxylic acids is 2. The van der Waals surface area contributed by atoms with Crippen LogP contribution in [0.3, 0.4) is 0 Å². The molecule has 6 nitrogen and oxygen atoms in total. The van der Waals surface area contributed by atoms with Crippen molar-refractivity contribution in [3.8, 4) is 5.75 Å². The summed E-state index contributed by atoms with van der Waals surface area (Å²) in [5.41, 5.74) is -0.392. The molecular formula is C25H19ClF5N3O3. The van der Waals surface area contributed by atoms with Crippen LogP contribution in [-0.4, -0.2) is 50.0 Å². The molecule has 194 valence electrons. The first-order valence-electron chi connectivity index (χ1n) is 10.9. The van der Waals surface area contributed by atoms with E-state index < -0.39 is 40.6 Å². The monoisotopic (exact) mass is 539 g/mol. The minimum absolute atomic E-state index is 0.0829. The molecular weight excluding hydrogens is 521 g/mol. The van der Waals surface area contributed by atoms with Gasteiger partial charge in [0.05, 0.1) is 12.7 Å². The van der Waals surface area contributed by atoms with Crippen LogP contribution in [0.15, 0.2) is 42.5 Å². The summed E-state index contributed by atoms with van der Waals surface area (Å²) in [5.74, 6) is -12.5. The second-order valence-corrected chi connectivity index (χ2v) is 8.51. The van der Waals surface area contributed by atoms with Gasteiger partial charge in [-0.2, -0.15) is 0 Å². The summed E-state index contributed by atoms with van der Waals surface area (Å²) in [4.78, 5) is 28.8. The van der Waals surface area contributed by atoms with Gasteiger partial charge in [-0.05, 0) is 42.5 Å². The highest BCUT2D eigenvalue weighted by atomic mass is 35.5. The average Bonchev–Trinajstić information content (AvgIpc) is 2.91. The van der Waals surface area contributed by atoms with Crippen LogP contribution in [0.4, 0.5) is 33.3 Å². The summed E-state index contributed by atoms with van der Waals surface area (Å²) in [6, 6.07) is 10.9. The van der Waals surface area contributed by atoms with E-state index in [9.17, 15) is 31.5 Å². The summed E-state index contributed by atoms with van der Waals surface area (Å²) >= 11 is 6.03. The molecule has 1 heterocycles. The third-order valence-electron chi connectivity index (χ3n) is 5.89. The molecule has 37 heavy (non-hydrogen) atoms. The van der Waals surface area contributed by atoms with Gasteiger partial charge in [0.2, 0.25) is 5.82 Å². The maximum absolute atomic E-state index is 13.9. The molecule has 2 amide bonds. The lowest BCUT2D eigenvalue weighted by molar-refractivity contribution is 0.0743. The number of methoxy groups -OCH3 is 1. The van der Waals surface area contributed by atoms with E-state index in [0.29, 0.717) is 42.5 Å². The van der Waals surface area contributed by atoms with E-state index in [4.69, 9.17) is 16.3 Å². The number of ether oxygens (including phenoxy) is 1. The van der Waals surface area contributed by atoms with Gasteiger partial charge in [0, 0.05) is 42.6 Å². The predicted octanol–water partition coefficient (Wildman–Crippen LogP) is 5.26. The van der Waals surface area contributed by atoms with Gasteiger partial charge in [-0.15, -0.1) is 0 Å². The third-order valence-corrected chi connectivity index (χ3v) is 6.12. The molecule has 1 saturated heterocycles. The largest absolute Gasteiger partial charge is 0.496 e. The molecule has 0 unspecified atom stereocenters. The van der Waals surface area contributed by atoms with Crippen LogP contribution in [0.2, 0.25) is 5.02 Å². The van der Waals surface area contributed by atoms with E-state index >= 15 is 0 Å². The number of nitrogens with one attached hydrogen (secondary N) is 1. The number of anilines is 2. The summed E-state index contributed by atoms with van der Waals surface area (Å²) in [6.45, 7) is 1.80. The number of hydrogen-bond donors (Lipinski definition) is 1. The maximum Gasteiger partial charge on any atom is 0.261 e. The van der Waals surface area contributed by atoms with Gasteiger partial charge in [-0.1, -0.05) is 11.6 Å². The van der Waals surface area contributed by atoms with E-state index in [1.54, 1.807) is 35.2 Å².